The molecule has 1 saturated carbocycles. The number of hydrogen-bond donors (Lipinski definition) is 2. The number of carbonyl (C=O) groups is 1. The van der Waals surface area contributed by atoms with E-state index in [1.165, 1.54) is 12.8 Å². The zero-order valence-electron chi connectivity index (χ0n) is 8.83. The first-order chi connectivity index (χ1) is 6.50. The number of nitrogens with one attached hydrogen (secondary N) is 2. The number of thiocarbonyl (C=S) groups is 1. The van der Waals surface area contributed by atoms with Crippen LogP contribution in [0.4, 0.5) is 0 Å². The zero-order valence-corrected chi connectivity index (χ0v) is 9.65. The van der Waals surface area contributed by atoms with E-state index in [9.17, 15) is 4.79 Å². The second-order valence-electron chi connectivity index (χ2n) is 3.85. The van der Waals surface area contributed by atoms with Gasteiger partial charge in [0.05, 0.1) is 0 Å². The maximum Gasteiger partial charge on any atom is 0.244 e. The third kappa shape index (κ3) is 3.49. The molecule has 0 spiro atoms. The molecule has 0 aromatic heterocycles. The SMILES string of the molecule is CC(NC(=S)NC1CC1)C(=O)N(C)C. The van der Waals surface area contributed by atoms with E-state index in [2.05, 4.69) is 10.6 Å². The third-order valence-electron chi connectivity index (χ3n) is 2.07. The van der Waals surface area contributed by atoms with E-state index in [1.54, 1.807) is 19.0 Å². The normalized spacial score (nSPS) is 17.1. The topological polar surface area (TPSA) is 44.4 Å². The van der Waals surface area contributed by atoms with Crippen LogP contribution in [0.25, 0.3) is 0 Å². The van der Waals surface area contributed by atoms with E-state index in [1.807, 2.05) is 6.92 Å². The van der Waals surface area contributed by atoms with E-state index >= 15 is 0 Å². The third-order valence-corrected chi connectivity index (χ3v) is 2.31. The molecular formula is C9H17N3OS. The number of nitrogens with zero attached hydrogens (tertiary/aromatic N) is 1. The maximum absolute atomic E-state index is 11.5. The molecule has 1 rings (SSSR count). The summed E-state index contributed by atoms with van der Waals surface area (Å²) in [4.78, 5) is 13.0. The smallest absolute Gasteiger partial charge is 0.244 e. The fraction of sp³-hybridized carbons (Fsp3) is 0.778. The molecule has 80 valence electrons. The Labute approximate surface area is 90.0 Å². The van der Waals surface area contributed by atoms with Gasteiger partial charge < -0.3 is 15.5 Å². The van der Waals surface area contributed by atoms with Gasteiger partial charge >= 0.3 is 0 Å². The van der Waals surface area contributed by atoms with E-state index in [4.69, 9.17) is 12.2 Å². The summed E-state index contributed by atoms with van der Waals surface area (Å²) < 4.78 is 0. The quantitative estimate of drug-likeness (QED) is 0.655. The van der Waals surface area contributed by atoms with Gasteiger partial charge in [-0.3, -0.25) is 4.79 Å². The van der Waals surface area contributed by atoms with Gasteiger partial charge in [-0.05, 0) is 32.0 Å². The van der Waals surface area contributed by atoms with Gasteiger partial charge in [0.15, 0.2) is 5.11 Å². The minimum Gasteiger partial charge on any atom is -0.360 e. The van der Waals surface area contributed by atoms with Crippen LogP contribution in [-0.2, 0) is 4.79 Å². The van der Waals surface area contributed by atoms with E-state index in [-0.39, 0.29) is 11.9 Å². The van der Waals surface area contributed by atoms with Crippen LogP contribution in [0.5, 0.6) is 0 Å². The van der Waals surface area contributed by atoms with Crippen molar-refractivity contribution in [2.24, 2.45) is 0 Å². The summed E-state index contributed by atoms with van der Waals surface area (Å²) in [6, 6.07) is 0.264. The lowest BCUT2D eigenvalue weighted by Crippen LogP contribution is -2.48. The second kappa shape index (κ2) is 4.59. The summed E-state index contributed by atoms with van der Waals surface area (Å²) in [6.07, 6.45) is 2.36. The van der Waals surface area contributed by atoms with Crippen LogP contribution in [0, 0.1) is 0 Å². The molecule has 14 heavy (non-hydrogen) atoms. The predicted molar refractivity (Wildman–Crippen MR) is 60.0 cm³/mol. The van der Waals surface area contributed by atoms with Crippen LogP contribution in [0.15, 0.2) is 0 Å². The van der Waals surface area contributed by atoms with Crippen LogP contribution in [-0.4, -0.2) is 42.1 Å². The van der Waals surface area contributed by atoms with Gasteiger partial charge in [-0.1, -0.05) is 0 Å². The Kier molecular flexibility index (Phi) is 3.69. The molecule has 1 atom stereocenters. The van der Waals surface area contributed by atoms with Crippen molar-refractivity contribution >= 4 is 23.2 Å². The van der Waals surface area contributed by atoms with Crippen molar-refractivity contribution in [3.05, 3.63) is 0 Å². The molecule has 0 bridgehead atoms. The Balaban J connectivity index is 2.27. The Morgan fingerprint density at radius 2 is 2.07 bits per heavy atom. The standard InChI is InChI=1S/C9H17N3OS/c1-6(8(13)12(2)3)10-9(14)11-7-4-5-7/h6-7H,4-5H2,1-3H3,(H2,10,11,14). The number of rotatable bonds is 3. The molecule has 0 radical (unpaired) electrons. The van der Waals surface area contributed by atoms with E-state index in [0.717, 1.165) is 0 Å². The molecule has 4 nitrogen and oxygen atoms in total. The molecule has 1 fully saturated rings. The molecule has 0 heterocycles. The predicted octanol–water partition coefficient (Wildman–Crippen LogP) is 0.0896. The Bertz CT molecular complexity index is 238. The van der Waals surface area contributed by atoms with E-state index in [0.29, 0.717) is 11.2 Å². The zero-order chi connectivity index (χ0) is 10.7. The Morgan fingerprint density at radius 3 is 2.50 bits per heavy atom. The van der Waals surface area contributed by atoms with Crippen molar-refractivity contribution < 1.29 is 4.79 Å². The highest BCUT2D eigenvalue weighted by Crippen LogP contribution is 2.18. The van der Waals surface area contributed by atoms with Gasteiger partial charge in [0, 0.05) is 20.1 Å². The number of likely N-dealkylation sites (N-methyl/N-ethyl adjacent to an activating group) is 1. The number of hydrogen-bond acceptors (Lipinski definition) is 2. The lowest BCUT2D eigenvalue weighted by atomic mass is 10.3. The summed E-state index contributed by atoms with van der Waals surface area (Å²) >= 11 is 5.06. The lowest BCUT2D eigenvalue weighted by Gasteiger charge is -2.19. The van der Waals surface area contributed by atoms with Gasteiger partial charge in [0.25, 0.3) is 0 Å². The number of amides is 1. The largest absolute Gasteiger partial charge is 0.360 e. The molecule has 0 aliphatic heterocycles. The molecule has 0 aromatic carbocycles. The molecule has 1 aliphatic rings. The van der Waals surface area contributed by atoms with Crippen molar-refractivity contribution in [3.8, 4) is 0 Å². The van der Waals surface area contributed by atoms with Crippen molar-refractivity contribution in [2.75, 3.05) is 14.1 Å². The van der Waals surface area contributed by atoms with Gasteiger partial charge in [-0.25, -0.2) is 0 Å². The minimum absolute atomic E-state index is 0.0324. The van der Waals surface area contributed by atoms with Gasteiger partial charge in [0.1, 0.15) is 6.04 Å². The molecule has 2 N–H and O–H groups in total. The Morgan fingerprint density at radius 1 is 1.50 bits per heavy atom. The highest BCUT2D eigenvalue weighted by Gasteiger charge is 2.23. The first-order valence-electron chi connectivity index (χ1n) is 4.79. The van der Waals surface area contributed by atoms with Crippen molar-refractivity contribution in [1.29, 1.82) is 0 Å². The van der Waals surface area contributed by atoms with Crippen LogP contribution < -0.4 is 10.6 Å². The lowest BCUT2D eigenvalue weighted by molar-refractivity contribution is -0.130. The molecule has 5 heteroatoms. The fourth-order valence-corrected chi connectivity index (χ4v) is 1.44. The maximum atomic E-state index is 11.5. The van der Waals surface area contributed by atoms with Crippen molar-refractivity contribution in [3.63, 3.8) is 0 Å². The minimum atomic E-state index is -0.260. The van der Waals surface area contributed by atoms with Crippen LogP contribution in [0.2, 0.25) is 0 Å². The summed E-state index contributed by atoms with van der Waals surface area (Å²) in [7, 11) is 3.47. The molecule has 0 aromatic rings. The summed E-state index contributed by atoms with van der Waals surface area (Å²) in [5, 5.41) is 6.67. The van der Waals surface area contributed by atoms with Gasteiger partial charge in [-0.2, -0.15) is 0 Å². The van der Waals surface area contributed by atoms with Crippen molar-refractivity contribution in [2.45, 2.75) is 31.8 Å². The molecule has 1 unspecified atom stereocenters. The van der Waals surface area contributed by atoms with Crippen molar-refractivity contribution in [1.82, 2.24) is 15.5 Å². The van der Waals surface area contributed by atoms with E-state index < -0.39 is 0 Å². The number of carbonyl (C=O) groups excluding carboxylic acids is 1. The second-order valence-corrected chi connectivity index (χ2v) is 4.25. The van der Waals surface area contributed by atoms with Crippen LogP contribution >= 0.6 is 12.2 Å². The van der Waals surface area contributed by atoms with Crippen LogP contribution in [0.3, 0.4) is 0 Å². The monoisotopic (exact) mass is 215 g/mol. The summed E-state index contributed by atoms with van der Waals surface area (Å²) in [5.74, 6) is 0.0324. The molecule has 1 amide bonds. The first kappa shape index (κ1) is 11.2. The summed E-state index contributed by atoms with van der Waals surface area (Å²) in [6.45, 7) is 1.81. The highest BCUT2D eigenvalue weighted by atomic mass is 32.1. The average molecular weight is 215 g/mol. The van der Waals surface area contributed by atoms with Gasteiger partial charge in [-0.15, -0.1) is 0 Å². The molecule has 0 saturated heterocycles. The van der Waals surface area contributed by atoms with Gasteiger partial charge in [0.2, 0.25) is 5.91 Å². The first-order valence-corrected chi connectivity index (χ1v) is 5.19. The highest BCUT2D eigenvalue weighted by molar-refractivity contribution is 7.80. The fourth-order valence-electron chi connectivity index (χ4n) is 1.10. The Hall–Kier alpha value is -0.840. The average Bonchev–Trinajstić information content (AvgIpc) is 2.86. The molecule has 1 aliphatic carbocycles. The summed E-state index contributed by atoms with van der Waals surface area (Å²) in [5.41, 5.74) is 0. The molecular weight excluding hydrogens is 198 g/mol. The van der Waals surface area contributed by atoms with Crippen LogP contribution in [0.1, 0.15) is 19.8 Å².